The van der Waals surface area contributed by atoms with E-state index in [0.717, 1.165) is 41.4 Å². The molecule has 2 aromatic rings. The van der Waals surface area contributed by atoms with Crippen LogP contribution in [0.5, 0.6) is 0 Å². The van der Waals surface area contributed by atoms with E-state index in [1.165, 1.54) is 11.6 Å². The predicted molar refractivity (Wildman–Crippen MR) is 88.7 cm³/mol. The molecule has 21 heavy (non-hydrogen) atoms. The first-order chi connectivity index (χ1) is 10.1. The van der Waals surface area contributed by atoms with Crippen LogP contribution in [0.2, 0.25) is 0 Å². The van der Waals surface area contributed by atoms with Gasteiger partial charge in [-0.25, -0.2) is 4.79 Å². The third kappa shape index (κ3) is 4.19. The molecule has 0 atom stereocenters. The Kier molecular flexibility index (Phi) is 5.15. The molecule has 0 bridgehead atoms. The second-order valence-corrected chi connectivity index (χ2v) is 5.57. The summed E-state index contributed by atoms with van der Waals surface area (Å²) in [7, 11) is 0. The van der Waals surface area contributed by atoms with Gasteiger partial charge in [0.1, 0.15) is 5.58 Å². The number of allylic oxidation sites excluding steroid dienone is 4. The molecule has 1 aromatic carbocycles. The van der Waals surface area contributed by atoms with E-state index in [0.29, 0.717) is 0 Å². The topological polar surface area (TPSA) is 30.2 Å². The van der Waals surface area contributed by atoms with Crippen LogP contribution in [0.4, 0.5) is 0 Å². The molecule has 0 amide bonds. The molecule has 1 heterocycles. The van der Waals surface area contributed by atoms with Crippen molar-refractivity contribution in [1.29, 1.82) is 0 Å². The molecule has 1 aromatic heterocycles. The van der Waals surface area contributed by atoms with E-state index in [-0.39, 0.29) is 5.63 Å². The Morgan fingerprint density at radius 3 is 2.62 bits per heavy atom. The molecule has 0 aliphatic heterocycles. The van der Waals surface area contributed by atoms with E-state index in [1.54, 1.807) is 0 Å². The summed E-state index contributed by atoms with van der Waals surface area (Å²) < 4.78 is 5.38. The zero-order chi connectivity index (χ0) is 15.2. The quantitative estimate of drug-likeness (QED) is 0.441. The highest BCUT2D eigenvalue weighted by Gasteiger charge is 2.06. The number of aryl methyl sites for hydroxylation is 1. The first-order valence-electron chi connectivity index (χ1n) is 7.38. The fourth-order valence-corrected chi connectivity index (χ4v) is 2.33. The highest BCUT2D eigenvalue weighted by molar-refractivity contribution is 5.81. The molecule has 0 unspecified atom stereocenters. The van der Waals surface area contributed by atoms with Gasteiger partial charge in [-0.05, 0) is 51.7 Å². The van der Waals surface area contributed by atoms with Gasteiger partial charge < -0.3 is 4.42 Å². The lowest BCUT2D eigenvalue weighted by Crippen LogP contribution is -1.98. The molecule has 0 saturated heterocycles. The average Bonchev–Trinajstić information content (AvgIpc) is 2.44. The first-order valence-corrected chi connectivity index (χ1v) is 7.38. The minimum atomic E-state index is -0.290. The van der Waals surface area contributed by atoms with E-state index in [4.69, 9.17) is 4.42 Å². The molecular weight excluding hydrogens is 260 g/mol. The van der Waals surface area contributed by atoms with Gasteiger partial charge in [0.05, 0.1) is 0 Å². The molecule has 0 radical (unpaired) electrons. The van der Waals surface area contributed by atoms with Crippen LogP contribution in [0.15, 0.2) is 57.3 Å². The minimum Gasteiger partial charge on any atom is -0.422 e. The van der Waals surface area contributed by atoms with Crippen LogP contribution in [0.3, 0.4) is 0 Å². The van der Waals surface area contributed by atoms with Gasteiger partial charge in [-0.15, -0.1) is 0 Å². The summed E-state index contributed by atoms with van der Waals surface area (Å²) in [6.07, 6.45) is 9.51. The first kappa shape index (κ1) is 15.3. The number of hydrogen-bond acceptors (Lipinski definition) is 2. The largest absolute Gasteiger partial charge is 0.422 e. The van der Waals surface area contributed by atoms with Crippen LogP contribution in [0.1, 0.15) is 37.8 Å². The fraction of sp³-hybridized carbons (Fsp3) is 0.316. The van der Waals surface area contributed by atoms with Gasteiger partial charge in [0.2, 0.25) is 0 Å². The standard InChI is InChI=1S/C19H22O2/c1-14(2)8-6-4-5-7-9-17-15(3)10-11-16-12-13-18(20)21-19(16)17/h5,7-8,10-13H,4,6,9H2,1-3H3/b7-5+. The molecule has 0 N–H and O–H groups in total. The Morgan fingerprint density at radius 1 is 1.10 bits per heavy atom. The lowest BCUT2D eigenvalue weighted by Gasteiger charge is -2.06. The third-order valence-corrected chi connectivity index (χ3v) is 3.50. The average molecular weight is 282 g/mol. The SMILES string of the molecule is CC(C)=CCC/C=C/Cc1c(C)ccc2ccc(=O)oc12. The lowest BCUT2D eigenvalue weighted by atomic mass is 10.0. The van der Waals surface area contributed by atoms with E-state index in [2.05, 4.69) is 45.1 Å². The summed E-state index contributed by atoms with van der Waals surface area (Å²) in [5.41, 5.74) is 4.04. The Labute approximate surface area is 125 Å². The van der Waals surface area contributed by atoms with Crippen molar-refractivity contribution in [3.8, 4) is 0 Å². The lowest BCUT2D eigenvalue weighted by molar-refractivity contribution is 0.557. The summed E-state index contributed by atoms with van der Waals surface area (Å²) >= 11 is 0. The highest BCUT2D eigenvalue weighted by Crippen LogP contribution is 2.21. The second kappa shape index (κ2) is 7.07. The summed E-state index contributed by atoms with van der Waals surface area (Å²) in [4.78, 5) is 11.4. The fourth-order valence-electron chi connectivity index (χ4n) is 2.33. The van der Waals surface area contributed by atoms with Crippen molar-refractivity contribution in [3.63, 3.8) is 0 Å². The van der Waals surface area contributed by atoms with Crippen molar-refractivity contribution >= 4 is 11.0 Å². The smallest absolute Gasteiger partial charge is 0.336 e. The van der Waals surface area contributed by atoms with Crippen LogP contribution in [-0.2, 0) is 6.42 Å². The molecule has 0 aliphatic rings. The highest BCUT2D eigenvalue weighted by atomic mass is 16.4. The summed E-state index contributed by atoms with van der Waals surface area (Å²) in [5, 5.41) is 0.980. The predicted octanol–water partition coefficient (Wildman–Crippen LogP) is 4.95. The van der Waals surface area contributed by atoms with Gasteiger partial charge in [0, 0.05) is 17.0 Å². The van der Waals surface area contributed by atoms with Crippen molar-refractivity contribution in [3.05, 3.63) is 69.6 Å². The number of rotatable bonds is 5. The van der Waals surface area contributed by atoms with Crippen molar-refractivity contribution in [2.75, 3.05) is 0 Å². The normalized spacial score (nSPS) is 11.2. The molecular formula is C19H22O2. The number of benzene rings is 1. The Morgan fingerprint density at radius 2 is 1.86 bits per heavy atom. The summed E-state index contributed by atoms with van der Waals surface area (Å²) in [6.45, 7) is 6.29. The van der Waals surface area contributed by atoms with Gasteiger partial charge in [-0.1, -0.05) is 35.9 Å². The molecule has 0 aliphatic carbocycles. The van der Waals surface area contributed by atoms with Gasteiger partial charge in [-0.2, -0.15) is 0 Å². The minimum absolute atomic E-state index is 0.290. The Hall–Kier alpha value is -2.09. The van der Waals surface area contributed by atoms with Crippen molar-refractivity contribution < 1.29 is 4.42 Å². The van der Waals surface area contributed by atoms with Crippen LogP contribution >= 0.6 is 0 Å². The van der Waals surface area contributed by atoms with Gasteiger partial charge in [0.15, 0.2) is 0 Å². The van der Waals surface area contributed by atoms with E-state index < -0.39 is 0 Å². The third-order valence-electron chi connectivity index (χ3n) is 3.50. The van der Waals surface area contributed by atoms with Crippen LogP contribution < -0.4 is 5.63 Å². The molecule has 2 nitrogen and oxygen atoms in total. The van der Waals surface area contributed by atoms with Gasteiger partial charge in [-0.3, -0.25) is 0 Å². The van der Waals surface area contributed by atoms with Crippen molar-refractivity contribution in [2.24, 2.45) is 0 Å². The zero-order valence-electron chi connectivity index (χ0n) is 13.0. The van der Waals surface area contributed by atoms with Crippen molar-refractivity contribution in [2.45, 2.75) is 40.0 Å². The molecule has 0 fully saturated rings. The number of hydrogen-bond donors (Lipinski definition) is 0. The Balaban J connectivity index is 2.16. The van der Waals surface area contributed by atoms with E-state index in [1.807, 2.05) is 12.1 Å². The maximum atomic E-state index is 11.4. The summed E-state index contributed by atoms with van der Waals surface area (Å²) in [5.74, 6) is 0. The molecule has 110 valence electrons. The maximum Gasteiger partial charge on any atom is 0.336 e. The number of fused-ring (bicyclic) bond motifs is 1. The summed E-state index contributed by atoms with van der Waals surface area (Å²) in [6, 6.07) is 7.36. The molecule has 0 spiro atoms. The van der Waals surface area contributed by atoms with E-state index in [9.17, 15) is 4.79 Å². The van der Waals surface area contributed by atoms with Gasteiger partial charge >= 0.3 is 5.63 Å². The van der Waals surface area contributed by atoms with Crippen molar-refractivity contribution in [1.82, 2.24) is 0 Å². The molecule has 0 saturated carbocycles. The number of unbranched alkanes of at least 4 members (excludes halogenated alkanes) is 1. The zero-order valence-corrected chi connectivity index (χ0v) is 13.0. The molecule has 2 rings (SSSR count). The second-order valence-electron chi connectivity index (χ2n) is 5.57. The van der Waals surface area contributed by atoms with Crippen LogP contribution in [0, 0.1) is 6.92 Å². The maximum absolute atomic E-state index is 11.4. The van der Waals surface area contributed by atoms with E-state index >= 15 is 0 Å². The Bertz CT molecular complexity index is 729. The van der Waals surface area contributed by atoms with Crippen LogP contribution in [-0.4, -0.2) is 0 Å². The molecule has 2 heteroatoms. The van der Waals surface area contributed by atoms with Crippen LogP contribution in [0.25, 0.3) is 11.0 Å². The monoisotopic (exact) mass is 282 g/mol. The van der Waals surface area contributed by atoms with Gasteiger partial charge in [0.25, 0.3) is 0 Å².